The van der Waals surface area contributed by atoms with Gasteiger partial charge >= 0.3 is 5.97 Å². The fourth-order valence-corrected chi connectivity index (χ4v) is 8.77. The lowest BCUT2D eigenvalue weighted by molar-refractivity contribution is -1.08. The van der Waals surface area contributed by atoms with Crippen LogP contribution in [0.4, 0.5) is 5.69 Å². The number of benzene rings is 3. The highest BCUT2D eigenvalue weighted by Crippen LogP contribution is 2.48. The van der Waals surface area contributed by atoms with Gasteiger partial charge in [-0.15, -0.1) is 0 Å². The number of nitrogens with one attached hydrogen (secondary N) is 1. The summed E-state index contributed by atoms with van der Waals surface area (Å²) in [5.74, 6) is -2.20. The van der Waals surface area contributed by atoms with Crippen LogP contribution in [0.3, 0.4) is 0 Å². The number of carbonyl (C=O) groups excluding carboxylic acids is 3. The SMILES string of the molecule is C[C@@H](O)[C@H]1C(=O)N2C(C(=O)O)=C(c3ccc4c(c3)C(=O)c3ccc(C[N+]56CC[N+](CC(=O)Nc7ccccc7)(CC5)CC6)cc3-4)C[C@H]12. The van der Waals surface area contributed by atoms with E-state index in [2.05, 4.69) is 17.4 Å². The molecule has 240 valence electrons. The van der Waals surface area contributed by atoms with Gasteiger partial charge in [-0.2, -0.15) is 0 Å². The molecule has 4 fully saturated rings. The van der Waals surface area contributed by atoms with Crippen LogP contribution in [-0.2, 0) is 20.9 Å². The molecule has 3 N–H and O–H groups in total. The van der Waals surface area contributed by atoms with Gasteiger partial charge in [0.05, 0.1) is 18.1 Å². The lowest BCUT2D eigenvalue weighted by Crippen LogP contribution is -2.75. The minimum atomic E-state index is -1.19. The van der Waals surface area contributed by atoms with Gasteiger partial charge < -0.3 is 29.4 Å². The molecule has 0 saturated carbocycles. The highest BCUT2D eigenvalue weighted by molar-refractivity contribution is 6.22. The van der Waals surface area contributed by atoms with Gasteiger partial charge in [0, 0.05) is 22.4 Å². The molecule has 10 nitrogen and oxygen atoms in total. The molecule has 3 aromatic carbocycles. The normalized spacial score (nSPS) is 27.7. The Balaban J connectivity index is 0.991. The van der Waals surface area contributed by atoms with Crippen molar-refractivity contribution in [3.63, 3.8) is 0 Å². The molecule has 2 bridgehead atoms. The van der Waals surface area contributed by atoms with Crippen LogP contribution < -0.4 is 5.32 Å². The Labute approximate surface area is 272 Å². The van der Waals surface area contributed by atoms with E-state index in [1.165, 1.54) is 10.5 Å². The first-order valence-electron chi connectivity index (χ1n) is 16.4. The number of quaternary nitrogens is 2. The molecule has 2 amide bonds. The second-order valence-corrected chi connectivity index (χ2v) is 14.1. The third-order valence-electron chi connectivity index (χ3n) is 11.4. The number of ketones is 1. The Morgan fingerprint density at radius 3 is 2.23 bits per heavy atom. The van der Waals surface area contributed by atoms with Crippen molar-refractivity contribution >= 4 is 34.8 Å². The molecule has 47 heavy (non-hydrogen) atoms. The van der Waals surface area contributed by atoms with Gasteiger partial charge in [0.25, 0.3) is 5.91 Å². The van der Waals surface area contributed by atoms with Crippen LogP contribution in [-0.4, -0.2) is 106 Å². The quantitative estimate of drug-likeness (QED) is 0.202. The molecule has 5 heterocycles. The number of aliphatic hydroxyl groups excluding tert-OH is 1. The number of rotatable bonds is 8. The lowest BCUT2D eigenvalue weighted by Gasteiger charge is -2.55. The molecule has 3 aromatic rings. The zero-order valence-electron chi connectivity index (χ0n) is 26.3. The Bertz CT molecular complexity index is 1880. The van der Waals surface area contributed by atoms with Crippen molar-refractivity contribution < 1.29 is 38.4 Å². The van der Waals surface area contributed by atoms with Crippen LogP contribution in [0.1, 0.15) is 40.4 Å². The zero-order chi connectivity index (χ0) is 32.7. The van der Waals surface area contributed by atoms with E-state index in [9.17, 15) is 29.4 Å². The highest BCUT2D eigenvalue weighted by atomic mass is 16.4. The van der Waals surface area contributed by atoms with Gasteiger partial charge in [0.2, 0.25) is 5.91 Å². The predicted molar refractivity (Wildman–Crippen MR) is 174 cm³/mol. The first-order valence-corrected chi connectivity index (χ1v) is 16.4. The number of anilines is 1. The molecule has 5 aliphatic heterocycles. The maximum atomic E-state index is 13.6. The average molecular weight is 635 g/mol. The van der Waals surface area contributed by atoms with Crippen LogP contribution >= 0.6 is 0 Å². The second-order valence-electron chi connectivity index (χ2n) is 14.1. The number of β-lactam (4-membered cyclic amide) rings is 1. The number of aliphatic carboxylic acids is 1. The van der Waals surface area contributed by atoms with Crippen molar-refractivity contribution in [3.05, 3.63) is 94.7 Å². The third-order valence-corrected chi connectivity index (χ3v) is 11.4. The topological polar surface area (TPSA) is 124 Å². The lowest BCUT2D eigenvalue weighted by atomic mass is 9.82. The van der Waals surface area contributed by atoms with E-state index in [1.54, 1.807) is 13.0 Å². The molecule has 0 radical (unpaired) electrons. The standard InChI is InChI=1S/C37H36N4O6/c1-22(42)33-31-19-28(34(37(46)47)39(31)36(33)45)24-8-10-26-29-17-23(7-9-27(29)35(44)30(26)18-24)20-40-11-14-41(15-12-40,16-13-40)21-32(43)38-25-5-3-2-4-6-25/h2-10,17-18,22,31,33,42H,11-16,19-21H2,1H3/p+2/t22-,31-,33-,40?,41?/m1/s1. The summed E-state index contributed by atoms with van der Waals surface area (Å²) in [6.07, 6.45) is -0.540. The third kappa shape index (κ3) is 4.73. The average Bonchev–Trinajstić information content (AvgIpc) is 3.54. The van der Waals surface area contributed by atoms with Crippen molar-refractivity contribution in [1.82, 2.24) is 4.90 Å². The Morgan fingerprint density at radius 2 is 1.55 bits per heavy atom. The number of carboxylic acids is 1. The van der Waals surface area contributed by atoms with Gasteiger partial charge in [0.1, 0.15) is 51.5 Å². The highest BCUT2D eigenvalue weighted by Gasteiger charge is 2.57. The molecule has 3 atom stereocenters. The first kappa shape index (κ1) is 29.7. The molecule has 0 spiro atoms. The Hall–Kier alpha value is -4.64. The number of piperazine rings is 3. The number of fused-ring (bicyclic) bond motifs is 7. The van der Waals surface area contributed by atoms with Crippen LogP contribution in [0.15, 0.2) is 72.4 Å². The van der Waals surface area contributed by atoms with Crippen LogP contribution in [0.5, 0.6) is 0 Å². The molecular formula is C37H38N4O6+2. The smallest absolute Gasteiger partial charge is 0.352 e. The maximum absolute atomic E-state index is 13.6. The largest absolute Gasteiger partial charge is 0.477 e. The number of aliphatic hydroxyl groups is 1. The van der Waals surface area contributed by atoms with Crippen molar-refractivity contribution in [2.24, 2.45) is 5.92 Å². The molecule has 0 aromatic heterocycles. The van der Waals surface area contributed by atoms with Gasteiger partial charge in [-0.3, -0.25) is 14.4 Å². The van der Waals surface area contributed by atoms with Crippen LogP contribution in [0.2, 0.25) is 0 Å². The van der Waals surface area contributed by atoms with E-state index in [0.29, 0.717) is 35.2 Å². The van der Waals surface area contributed by atoms with E-state index in [4.69, 9.17) is 0 Å². The minimum absolute atomic E-state index is 0.0569. The van der Waals surface area contributed by atoms with E-state index in [1.807, 2.05) is 48.5 Å². The number of amides is 2. The maximum Gasteiger partial charge on any atom is 0.352 e. The molecule has 9 rings (SSSR count). The summed E-state index contributed by atoms with van der Waals surface area (Å²) in [6.45, 7) is 8.84. The number of nitrogens with zero attached hydrogens (tertiary/aromatic N) is 3. The molecule has 4 saturated heterocycles. The molecule has 0 unspecified atom stereocenters. The number of carbonyl (C=O) groups is 4. The molecular weight excluding hydrogens is 596 g/mol. The fraction of sp³-hybridized carbons (Fsp3) is 0.351. The molecule has 6 aliphatic rings. The summed E-state index contributed by atoms with van der Waals surface area (Å²) in [7, 11) is 0. The summed E-state index contributed by atoms with van der Waals surface area (Å²) in [5, 5.41) is 23.2. The predicted octanol–water partition coefficient (Wildman–Crippen LogP) is 3.10. The van der Waals surface area contributed by atoms with Gasteiger partial charge in [-0.1, -0.05) is 36.4 Å². The Morgan fingerprint density at radius 1 is 0.872 bits per heavy atom. The van der Waals surface area contributed by atoms with E-state index in [-0.39, 0.29) is 29.3 Å². The van der Waals surface area contributed by atoms with E-state index >= 15 is 0 Å². The summed E-state index contributed by atoms with van der Waals surface area (Å²) in [4.78, 5) is 52.7. The summed E-state index contributed by atoms with van der Waals surface area (Å²) in [5.41, 5.74) is 6.01. The number of carboxylic acid groups (broad SMARTS) is 1. The Kier molecular flexibility index (Phi) is 6.77. The first-order chi connectivity index (χ1) is 22.6. The van der Waals surface area contributed by atoms with Crippen molar-refractivity contribution in [2.45, 2.75) is 32.0 Å². The monoisotopic (exact) mass is 634 g/mol. The van der Waals surface area contributed by atoms with Crippen molar-refractivity contribution in [3.8, 4) is 11.1 Å². The fourth-order valence-electron chi connectivity index (χ4n) is 8.77. The summed E-state index contributed by atoms with van der Waals surface area (Å²) in [6, 6.07) is 20.8. The van der Waals surface area contributed by atoms with Crippen molar-refractivity contribution in [2.75, 3.05) is 51.1 Å². The number of hydrogen-bond donors (Lipinski definition) is 3. The van der Waals surface area contributed by atoms with E-state index in [0.717, 1.165) is 71.6 Å². The van der Waals surface area contributed by atoms with Gasteiger partial charge in [0.15, 0.2) is 12.3 Å². The zero-order valence-corrected chi connectivity index (χ0v) is 26.3. The number of hydrogen-bond acceptors (Lipinski definition) is 5. The van der Waals surface area contributed by atoms with Crippen molar-refractivity contribution in [1.29, 1.82) is 0 Å². The summed E-state index contributed by atoms with van der Waals surface area (Å²) < 4.78 is 1.81. The van der Waals surface area contributed by atoms with E-state index < -0.39 is 18.0 Å². The van der Waals surface area contributed by atoms with Gasteiger partial charge in [-0.25, -0.2) is 4.79 Å². The molecule has 1 aliphatic carbocycles. The van der Waals surface area contributed by atoms with Gasteiger partial charge in [-0.05, 0) is 65.9 Å². The molecule has 10 heteroatoms. The second kappa shape index (κ2) is 10.7. The van der Waals surface area contributed by atoms with Crippen LogP contribution in [0.25, 0.3) is 16.7 Å². The number of para-hydroxylation sites is 1. The minimum Gasteiger partial charge on any atom is -0.477 e. The summed E-state index contributed by atoms with van der Waals surface area (Å²) >= 11 is 0. The van der Waals surface area contributed by atoms with Crippen LogP contribution in [0, 0.1) is 5.92 Å².